The van der Waals surface area contributed by atoms with Crippen LogP contribution in [0.3, 0.4) is 0 Å². The number of anilines is 1. The minimum absolute atomic E-state index is 0.172. The maximum atomic E-state index is 6.30. The van der Waals surface area contributed by atoms with Gasteiger partial charge in [0, 0.05) is 17.2 Å². The second-order valence-electron chi connectivity index (χ2n) is 8.70. The van der Waals surface area contributed by atoms with Gasteiger partial charge >= 0.3 is 0 Å². The van der Waals surface area contributed by atoms with Crippen LogP contribution in [-0.4, -0.2) is 6.10 Å². The van der Waals surface area contributed by atoms with Gasteiger partial charge in [0.25, 0.3) is 0 Å². The normalized spacial score (nSPS) is 21.3. The summed E-state index contributed by atoms with van der Waals surface area (Å²) in [6.07, 6.45) is 5.92. The molecule has 0 saturated heterocycles. The molecule has 0 amide bonds. The van der Waals surface area contributed by atoms with Crippen LogP contribution in [0.5, 0.6) is 11.5 Å². The average Bonchev–Trinajstić information content (AvgIpc) is 3.28. The number of ether oxygens (including phenoxy) is 2. The van der Waals surface area contributed by atoms with Gasteiger partial charge in [-0.05, 0) is 61.6 Å². The molecule has 0 aromatic heterocycles. The van der Waals surface area contributed by atoms with Gasteiger partial charge in [-0.25, -0.2) is 0 Å². The number of nitrogens with one attached hydrogen (secondary N) is 1. The van der Waals surface area contributed by atoms with Crippen LogP contribution in [0.15, 0.2) is 84.9 Å². The van der Waals surface area contributed by atoms with E-state index in [1.807, 2.05) is 6.07 Å². The lowest BCUT2D eigenvalue weighted by Gasteiger charge is -2.38. The largest absolute Gasteiger partial charge is 0.491 e. The van der Waals surface area contributed by atoms with Gasteiger partial charge in [-0.1, -0.05) is 60.7 Å². The lowest BCUT2D eigenvalue weighted by Crippen LogP contribution is -2.29. The van der Waals surface area contributed by atoms with E-state index >= 15 is 0 Å². The molecule has 3 aromatic rings. The van der Waals surface area contributed by atoms with Crippen molar-refractivity contribution in [3.05, 3.63) is 102 Å². The van der Waals surface area contributed by atoms with Crippen molar-refractivity contribution in [3.63, 3.8) is 0 Å². The quantitative estimate of drug-likeness (QED) is 0.449. The SMILES string of the molecule is CC(C)Oc1ccc2c(c1)C1C=CCC1C(c1ccccc1OCc1ccccc1)N2. The summed E-state index contributed by atoms with van der Waals surface area (Å²) in [7, 11) is 0. The second kappa shape index (κ2) is 8.50. The first-order valence-electron chi connectivity index (χ1n) is 11.2. The minimum atomic E-state index is 0.172. The molecule has 0 fully saturated rings. The summed E-state index contributed by atoms with van der Waals surface area (Å²) in [5.41, 5.74) is 4.92. The third kappa shape index (κ3) is 4.05. The number of hydrogen-bond donors (Lipinski definition) is 1. The fraction of sp³-hybridized carbons (Fsp3) is 0.286. The third-order valence-corrected chi connectivity index (χ3v) is 6.20. The highest BCUT2D eigenvalue weighted by Crippen LogP contribution is 2.51. The van der Waals surface area contributed by atoms with Crippen molar-refractivity contribution < 1.29 is 9.47 Å². The Kier molecular flexibility index (Phi) is 5.42. The van der Waals surface area contributed by atoms with E-state index in [9.17, 15) is 0 Å². The zero-order valence-corrected chi connectivity index (χ0v) is 18.1. The van der Waals surface area contributed by atoms with Crippen molar-refractivity contribution in [1.29, 1.82) is 0 Å². The zero-order valence-electron chi connectivity index (χ0n) is 18.1. The van der Waals surface area contributed by atoms with E-state index in [1.54, 1.807) is 0 Å². The molecule has 3 unspecified atom stereocenters. The number of para-hydroxylation sites is 1. The van der Waals surface area contributed by atoms with Crippen molar-refractivity contribution in [2.45, 2.75) is 44.9 Å². The van der Waals surface area contributed by atoms with Crippen molar-refractivity contribution in [1.82, 2.24) is 0 Å². The van der Waals surface area contributed by atoms with Crippen LogP contribution in [0.2, 0.25) is 0 Å². The summed E-state index contributed by atoms with van der Waals surface area (Å²) in [4.78, 5) is 0. The van der Waals surface area contributed by atoms with Crippen LogP contribution >= 0.6 is 0 Å². The molecule has 2 aliphatic rings. The van der Waals surface area contributed by atoms with Gasteiger partial charge in [-0.15, -0.1) is 0 Å². The van der Waals surface area contributed by atoms with Crippen LogP contribution in [-0.2, 0) is 6.61 Å². The van der Waals surface area contributed by atoms with Crippen LogP contribution in [0.1, 0.15) is 48.9 Å². The second-order valence-corrected chi connectivity index (χ2v) is 8.70. The van der Waals surface area contributed by atoms with Crippen LogP contribution in [0.25, 0.3) is 0 Å². The van der Waals surface area contributed by atoms with Crippen molar-refractivity contribution in [2.75, 3.05) is 5.32 Å². The maximum absolute atomic E-state index is 6.30. The molecule has 31 heavy (non-hydrogen) atoms. The van der Waals surface area contributed by atoms with Gasteiger partial charge in [-0.2, -0.15) is 0 Å². The summed E-state index contributed by atoms with van der Waals surface area (Å²) in [6.45, 7) is 4.71. The fourth-order valence-corrected chi connectivity index (χ4v) is 4.83. The fourth-order valence-electron chi connectivity index (χ4n) is 4.83. The van der Waals surface area contributed by atoms with E-state index in [4.69, 9.17) is 9.47 Å². The molecule has 158 valence electrons. The summed E-state index contributed by atoms with van der Waals surface area (Å²) in [5.74, 6) is 2.75. The molecule has 0 bridgehead atoms. The topological polar surface area (TPSA) is 30.5 Å². The van der Waals surface area contributed by atoms with Gasteiger partial charge < -0.3 is 14.8 Å². The molecule has 3 aromatic carbocycles. The molecule has 3 nitrogen and oxygen atoms in total. The lowest BCUT2D eigenvalue weighted by molar-refractivity contribution is 0.242. The summed E-state index contributed by atoms with van der Waals surface area (Å²) < 4.78 is 12.3. The Morgan fingerprint density at radius 2 is 1.74 bits per heavy atom. The van der Waals surface area contributed by atoms with Crippen LogP contribution in [0.4, 0.5) is 5.69 Å². The molecule has 3 heteroatoms. The highest BCUT2D eigenvalue weighted by atomic mass is 16.5. The predicted molar refractivity (Wildman–Crippen MR) is 126 cm³/mol. The molecular formula is C28H29NO2. The number of allylic oxidation sites excluding steroid dienone is 2. The number of rotatable bonds is 6. The third-order valence-electron chi connectivity index (χ3n) is 6.20. The van der Waals surface area contributed by atoms with Crippen LogP contribution < -0.4 is 14.8 Å². The van der Waals surface area contributed by atoms with Crippen molar-refractivity contribution in [2.24, 2.45) is 5.92 Å². The summed E-state index contributed by atoms with van der Waals surface area (Å²) >= 11 is 0. The smallest absolute Gasteiger partial charge is 0.125 e. The van der Waals surface area contributed by atoms with Gasteiger partial charge in [0.2, 0.25) is 0 Å². The molecule has 1 N–H and O–H groups in total. The maximum Gasteiger partial charge on any atom is 0.125 e. The molecule has 0 saturated carbocycles. The Balaban J connectivity index is 1.44. The monoisotopic (exact) mass is 411 g/mol. The lowest BCUT2D eigenvalue weighted by atomic mass is 9.77. The summed E-state index contributed by atoms with van der Waals surface area (Å²) in [5, 5.41) is 3.83. The van der Waals surface area contributed by atoms with Crippen molar-refractivity contribution >= 4 is 5.69 Å². The van der Waals surface area contributed by atoms with E-state index in [0.29, 0.717) is 18.4 Å². The Bertz CT molecular complexity index is 1070. The first kappa shape index (κ1) is 19.7. The van der Waals surface area contributed by atoms with E-state index in [-0.39, 0.29) is 12.1 Å². The standard InChI is InChI=1S/C28H29NO2/c1-19(2)31-21-15-16-26-25(17-21)22-12-8-13-23(22)28(29-26)24-11-6-7-14-27(24)30-18-20-9-4-3-5-10-20/h3-12,14-17,19,22-23,28-29H,13,18H2,1-2H3. The van der Waals surface area contributed by atoms with E-state index < -0.39 is 0 Å². The Morgan fingerprint density at radius 1 is 0.935 bits per heavy atom. The average molecular weight is 412 g/mol. The van der Waals surface area contributed by atoms with Gasteiger partial charge in [-0.3, -0.25) is 0 Å². The first-order valence-corrected chi connectivity index (χ1v) is 11.2. The van der Waals surface area contributed by atoms with E-state index in [2.05, 4.69) is 98.0 Å². The Hall–Kier alpha value is -3.20. The van der Waals surface area contributed by atoms with Crippen molar-refractivity contribution in [3.8, 4) is 11.5 Å². The minimum Gasteiger partial charge on any atom is -0.491 e. The Labute approximate surface area is 184 Å². The molecule has 5 rings (SSSR count). The van der Waals surface area contributed by atoms with E-state index in [0.717, 1.165) is 17.9 Å². The Morgan fingerprint density at radius 3 is 2.58 bits per heavy atom. The number of benzene rings is 3. The molecule has 1 aliphatic carbocycles. The predicted octanol–water partition coefficient (Wildman–Crippen LogP) is 6.88. The molecular weight excluding hydrogens is 382 g/mol. The molecule has 0 radical (unpaired) electrons. The van der Waals surface area contributed by atoms with Crippen LogP contribution in [0, 0.1) is 5.92 Å². The van der Waals surface area contributed by atoms with Gasteiger partial charge in [0.05, 0.1) is 12.1 Å². The highest BCUT2D eigenvalue weighted by molar-refractivity contribution is 5.62. The number of hydrogen-bond acceptors (Lipinski definition) is 3. The van der Waals surface area contributed by atoms with E-state index in [1.165, 1.54) is 22.4 Å². The highest BCUT2D eigenvalue weighted by Gasteiger charge is 2.39. The van der Waals surface area contributed by atoms with Gasteiger partial charge in [0.15, 0.2) is 0 Å². The molecule has 1 heterocycles. The summed E-state index contributed by atoms with van der Waals surface area (Å²) in [6, 6.07) is 25.4. The molecule has 3 atom stereocenters. The molecule has 0 spiro atoms. The van der Waals surface area contributed by atoms with Gasteiger partial charge in [0.1, 0.15) is 18.1 Å². The zero-order chi connectivity index (χ0) is 21.2. The first-order chi connectivity index (χ1) is 15.2. The molecule has 1 aliphatic heterocycles. The number of fused-ring (bicyclic) bond motifs is 3.